The molecule has 21 heavy (non-hydrogen) atoms. The van der Waals surface area contributed by atoms with Crippen LogP contribution in [0, 0.1) is 0 Å². The van der Waals surface area contributed by atoms with E-state index < -0.39 is 0 Å². The van der Waals surface area contributed by atoms with Crippen LogP contribution in [-0.4, -0.2) is 21.9 Å². The number of amides is 1. The molecule has 2 aromatic rings. The van der Waals surface area contributed by atoms with E-state index in [-0.39, 0.29) is 23.2 Å². The number of benzene rings is 1. The Labute approximate surface area is 130 Å². The van der Waals surface area contributed by atoms with Crippen LogP contribution in [0.2, 0.25) is 5.02 Å². The number of hydrogen-bond acceptors (Lipinski definition) is 4. The molecule has 0 bridgehead atoms. The summed E-state index contributed by atoms with van der Waals surface area (Å²) in [6.07, 6.45) is 0.826. The van der Waals surface area contributed by atoms with Crippen molar-refractivity contribution in [3.05, 3.63) is 57.0 Å². The van der Waals surface area contributed by atoms with Crippen molar-refractivity contribution in [1.82, 2.24) is 15.5 Å². The quantitative estimate of drug-likeness (QED) is 0.890. The van der Waals surface area contributed by atoms with E-state index in [0.29, 0.717) is 5.02 Å². The van der Waals surface area contributed by atoms with Crippen LogP contribution in [0.3, 0.4) is 0 Å². The zero-order valence-corrected chi connectivity index (χ0v) is 12.5. The van der Waals surface area contributed by atoms with Gasteiger partial charge in [0.1, 0.15) is 5.69 Å². The van der Waals surface area contributed by atoms with Crippen molar-refractivity contribution in [2.45, 2.75) is 17.4 Å². The maximum Gasteiger partial charge on any atom is 0.272 e. The van der Waals surface area contributed by atoms with E-state index in [0.717, 1.165) is 22.6 Å². The summed E-state index contributed by atoms with van der Waals surface area (Å²) in [5.41, 5.74) is 0.880. The number of carbonyl (C=O) groups excluding carboxylic acids is 1. The van der Waals surface area contributed by atoms with Gasteiger partial charge in [0, 0.05) is 21.7 Å². The highest BCUT2D eigenvalue weighted by Gasteiger charge is 2.23. The van der Waals surface area contributed by atoms with Gasteiger partial charge in [-0.05, 0) is 36.2 Å². The lowest BCUT2D eigenvalue weighted by Gasteiger charge is -2.26. The fourth-order valence-corrected chi connectivity index (χ4v) is 3.50. The molecule has 0 radical (unpaired) electrons. The molecule has 1 atom stereocenters. The van der Waals surface area contributed by atoms with Crippen LogP contribution < -0.4 is 10.9 Å². The minimum absolute atomic E-state index is 0.0961. The Morgan fingerprint density at radius 3 is 3.00 bits per heavy atom. The SMILES string of the molecule is O=C(N[C@@H]1CCSc2ccc(Cl)cc21)c1ccc(=O)[nH]n1. The second-order valence-electron chi connectivity index (χ2n) is 4.65. The van der Waals surface area contributed by atoms with Crippen molar-refractivity contribution in [3.8, 4) is 0 Å². The van der Waals surface area contributed by atoms with E-state index in [1.165, 1.54) is 12.1 Å². The zero-order valence-electron chi connectivity index (χ0n) is 10.9. The number of thioether (sulfide) groups is 1. The van der Waals surface area contributed by atoms with Gasteiger partial charge in [-0.25, -0.2) is 5.10 Å². The number of hydrogen-bond donors (Lipinski definition) is 2. The Hall–Kier alpha value is -1.79. The van der Waals surface area contributed by atoms with Crippen LogP contribution in [0.1, 0.15) is 28.5 Å². The van der Waals surface area contributed by atoms with Gasteiger partial charge in [-0.2, -0.15) is 5.10 Å². The number of fused-ring (bicyclic) bond motifs is 1. The first-order valence-corrected chi connectivity index (χ1v) is 7.79. The molecule has 1 amide bonds. The molecule has 5 nitrogen and oxygen atoms in total. The fourth-order valence-electron chi connectivity index (χ4n) is 2.22. The first kappa shape index (κ1) is 14.2. The molecule has 108 valence electrons. The van der Waals surface area contributed by atoms with Gasteiger partial charge in [0.05, 0.1) is 6.04 Å². The summed E-state index contributed by atoms with van der Waals surface area (Å²) >= 11 is 7.79. The van der Waals surface area contributed by atoms with E-state index in [9.17, 15) is 9.59 Å². The number of carbonyl (C=O) groups is 1. The maximum absolute atomic E-state index is 12.2. The molecule has 0 aliphatic carbocycles. The molecule has 1 aliphatic rings. The molecule has 3 rings (SSSR count). The van der Waals surface area contributed by atoms with Crippen molar-refractivity contribution in [2.75, 3.05) is 5.75 Å². The average Bonchev–Trinajstić information content (AvgIpc) is 2.48. The lowest BCUT2D eigenvalue weighted by Crippen LogP contribution is -2.31. The predicted octanol–water partition coefficient (Wildman–Crippen LogP) is 2.39. The van der Waals surface area contributed by atoms with Crippen molar-refractivity contribution >= 4 is 29.3 Å². The molecule has 0 fully saturated rings. The Kier molecular flexibility index (Phi) is 3.98. The number of halogens is 1. The lowest BCUT2D eigenvalue weighted by atomic mass is 10.0. The molecule has 2 N–H and O–H groups in total. The Morgan fingerprint density at radius 1 is 1.38 bits per heavy atom. The predicted molar refractivity (Wildman–Crippen MR) is 81.9 cm³/mol. The first-order valence-electron chi connectivity index (χ1n) is 6.42. The lowest BCUT2D eigenvalue weighted by molar-refractivity contribution is 0.0929. The fraction of sp³-hybridized carbons (Fsp3) is 0.214. The third kappa shape index (κ3) is 3.11. The van der Waals surface area contributed by atoms with Crippen LogP contribution in [0.4, 0.5) is 0 Å². The number of nitrogens with one attached hydrogen (secondary N) is 2. The van der Waals surface area contributed by atoms with Crippen molar-refractivity contribution < 1.29 is 4.79 Å². The third-order valence-electron chi connectivity index (χ3n) is 3.23. The monoisotopic (exact) mass is 321 g/mol. The minimum atomic E-state index is -0.335. The van der Waals surface area contributed by atoms with E-state index >= 15 is 0 Å². The third-order valence-corrected chi connectivity index (χ3v) is 4.59. The Morgan fingerprint density at radius 2 is 2.24 bits per heavy atom. The summed E-state index contributed by atoms with van der Waals surface area (Å²) < 4.78 is 0. The smallest absolute Gasteiger partial charge is 0.272 e. The summed E-state index contributed by atoms with van der Waals surface area (Å²) in [7, 11) is 0. The topological polar surface area (TPSA) is 74.8 Å². The van der Waals surface area contributed by atoms with Crippen LogP contribution in [0.25, 0.3) is 0 Å². The normalized spacial score (nSPS) is 17.1. The van der Waals surface area contributed by atoms with Gasteiger partial charge >= 0.3 is 0 Å². The average molecular weight is 322 g/mol. The minimum Gasteiger partial charge on any atom is -0.344 e. The summed E-state index contributed by atoms with van der Waals surface area (Å²) in [5.74, 6) is 0.618. The van der Waals surface area contributed by atoms with E-state index in [4.69, 9.17) is 11.6 Å². The maximum atomic E-state index is 12.2. The van der Waals surface area contributed by atoms with Crippen molar-refractivity contribution in [1.29, 1.82) is 0 Å². The Balaban J connectivity index is 1.83. The highest BCUT2D eigenvalue weighted by Crippen LogP contribution is 2.37. The summed E-state index contributed by atoms with van der Waals surface area (Å²) in [5, 5.41) is 9.58. The van der Waals surface area contributed by atoms with Gasteiger partial charge < -0.3 is 5.32 Å². The second kappa shape index (κ2) is 5.91. The summed E-state index contributed by atoms with van der Waals surface area (Å²) in [6, 6.07) is 8.30. The molecule has 1 aromatic carbocycles. The molecule has 1 aromatic heterocycles. The number of nitrogens with zero attached hydrogens (tertiary/aromatic N) is 1. The molecule has 0 unspecified atom stereocenters. The zero-order chi connectivity index (χ0) is 14.8. The number of aromatic nitrogens is 2. The molecule has 1 aliphatic heterocycles. The van der Waals surface area contributed by atoms with Gasteiger partial charge in [0.25, 0.3) is 11.5 Å². The van der Waals surface area contributed by atoms with Crippen LogP contribution in [0.15, 0.2) is 40.0 Å². The molecule has 0 saturated heterocycles. The standard InChI is InChI=1S/C14H12ClN3O2S/c15-8-1-3-12-9(7-8)10(5-6-21-12)16-14(20)11-2-4-13(19)18-17-11/h1-4,7,10H,5-6H2,(H,16,20)(H,18,19)/t10-/m1/s1. The molecular weight excluding hydrogens is 310 g/mol. The number of rotatable bonds is 2. The summed E-state index contributed by atoms with van der Waals surface area (Å²) in [6.45, 7) is 0. The first-order chi connectivity index (χ1) is 10.1. The molecular formula is C14H12ClN3O2S. The van der Waals surface area contributed by atoms with Gasteiger partial charge in [-0.15, -0.1) is 11.8 Å². The molecule has 2 heterocycles. The number of aromatic amines is 1. The van der Waals surface area contributed by atoms with Gasteiger partial charge in [0.15, 0.2) is 0 Å². The van der Waals surface area contributed by atoms with Crippen LogP contribution in [-0.2, 0) is 0 Å². The van der Waals surface area contributed by atoms with E-state index in [1.807, 2.05) is 18.2 Å². The van der Waals surface area contributed by atoms with Gasteiger partial charge in [0.2, 0.25) is 0 Å². The van der Waals surface area contributed by atoms with Crippen LogP contribution >= 0.6 is 23.4 Å². The molecule has 7 heteroatoms. The summed E-state index contributed by atoms with van der Waals surface area (Å²) in [4.78, 5) is 24.3. The molecule has 0 spiro atoms. The van der Waals surface area contributed by atoms with E-state index in [1.54, 1.807) is 11.8 Å². The highest BCUT2D eigenvalue weighted by atomic mass is 35.5. The van der Waals surface area contributed by atoms with Crippen molar-refractivity contribution in [2.24, 2.45) is 0 Å². The van der Waals surface area contributed by atoms with Crippen LogP contribution in [0.5, 0.6) is 0 Å². The van der Waals surface area contributed by atoms with Gasteiger partial charge in [-0.1, -0.05) is 11.6 Å². The van der Waals surface area contributed by atoms with E-state index in [2.05, 4.69) is 15.5 Å². The second-order valence-corrected chi connectivity index (χ2v) is 6.22. The van der Waals surface area contributed by atoms with Gasteiger partial charge in [-0.3, -0.25) is 9.59 Å². The number of H-pyrrole nitrogens is 1. The Bertz CT molecular complexity index is 727. The highest BCUT2D eigenvalue weighted by molar-refractivity contribution is 7.99. The largest absolute Gasteiger partial charge is 0.344 e. The van der Waals surface area contributed by atoms with Crippen molar-refractivity contribution in [3.63, 3.8) is 0 Å². The molecule has 0 saturated carbocycles.